The van der Waals surface area contributed by atoms with E-state index in [9.17, 15) is 9.59 Å². The van der Waals surface area contributed by atoms with E-state index in [2.05, 4.69) is 9.57 Å². The lowest BCUT2D eigenvalue weighted by atomic mass is 10.2. The van der Waals surface area contributed by atoms with Crippen LogP contribution in [0.1, 0.15) is 20.8 Å². The number of rotatable bonds is 5. The predicted molar refractivity (Wildman–Crippen MR) is 53.8 cm³/mol. The molecule has 7 heteroatoms. The monoisotopic (exact) mass is 235 g/mol. The molecule has 0 saturated carbocycles. The fraction of sp³-hybridized carbons (Fsp3) is 0.778. The first-order valence-electron chi connectivity index (χ1n) is 4.62. The summed E-state index contributed by atoms with van der Waals surface area (Å²) in [6.45, 7) is 4.86. The van der Waals surface area contributed by atoms with Crippen LogP contribution in [0.4, 0.5) is 4.79 Å². The number of ether oxygens (including phenoxy) is 2. The lowest BCUT2D eigenvalue weighted by Crippen LogP contribution is -2.39. The topological polar surface area (TPSA) is 94.1 Å². The van der Waals surface area contributed by atoms with Gasteiger partial charge in [-0.2, -0.15) is 5.48 Å². The summed E-state index contributed by atoms with van der Waals surface area (Å²) < 4.78 is 9.44. The molecular weight excluding hydrogens is 218 g/mol. The molecule has 1 amide bonds. The van der Waals surface area contributed by atoms with E-state index >= 15 is 0 Å². The Balaban J connectivity index is 4.01. The number of hydroxylamine groups is 1. The van der Waals surface area contributed by atoms with Crippen LogP contribution >= 0.6 is 0 Å². The number of hydrogen-bond donors (Lipinski definition) is 2. The summed E-state index contributed by atoms with van der Waals surface area (Å²) in [5, 5.41) is 8.65. The summed E-state index contributed by atoms with van der Waals surface area (Å²) >= 11 is 0. The molecule has 0 rings (SSSR count). The van der Waals surface area contributed by atoms with E-state index in [1.165, 1.54) is 7.11 Å². The zero-order valence-electron chi connectivity index (χ0n) is 9.77. The standard InChI is InChI=1S/C9H17NO6/c1-9(2,3)15-8(13)10-16-6(5-14-4)7(11)12/h6H,5H2,1-4H3,(H,10,13)(H,11,12). The molecule has 0 aliphatic heterocycles. The Morgan fingerprint density at radius 1 is 1.38 bits per heavy atom. The number of amides is 1. The van der Waals surface area contributed by atoms with Crippen LogP contribution in [-0.4, -0.2) is 42.6 Å². The molecular formula is C9H17NO6. The average molecular weight is 235 g/mol. The Kier molecular flexibility index (Phi) is 5.76. The van der Waals surface area contributed by atoms with Gasteiger partial charge in [0.2, 0.25) is 6.10 Å². The highest BCUT2D eigenvalue weighted by atomic mass is 16.7. The molecule has 0 aliphatic carbocycles. The van der Waals surface area contributed by atoms with Gasteiger partial charge in [-0.1, -0.05) is 0 Å². The fourth-order valence-corrected chi connectivity index (χ4v) is 0.725. The fourth-order valence-electron chi connectivity index (χ4n) is 0.725. The van der Waals surface area contributed by atoms with Gasteiger partial charge >= 0.3 is 12.1 Å². The summed E-state index contributed by atoms with van der Waals surface area (Å²) in [5.74, 6) is -1.24. The van der Waals surface area contributed by atoms with Crippen molar-refractivity contribution in [1.82, 2.24) is 5.48 Å². The van der Waals surface area contributed by atoms with Gasteiger partial charge in [-0.15, -0.1) is 0 Å². The molecule has 16 heavy (non-hydrogen) atoms. The van der Waals surface area contributed by atoms with E-state index in [4.69, 9.17) is 9.84 Å². The minimum absolute atomic E-state index is 0.175. The van der Waals surface area contributed by atoms with Crippen molar-refractivity contribution in [2.45, 2.75) is 32.5 Å². The van der Waals surface area contributed by atoms with Gasteiger partial charge in [0.15, 0.2) is 0 Å². The molecule has 0 fully saturated rings. The third kappa shape index (κ3) is 7.02. The summed E-state index contributed by atoms with van der Waals surface area (Å²) in [6.07, 6.45) is -2.12. The number of aliphatic carboxylic acids is 1. The van der Waals surface area contributed by atoms with Crippen LogP contribution < -0.4 is 5.48 Å². The predicted octanol–water partition coefficient (Wildman–Crippen LogP) is 0.542. The van der Waals surface area contributed by atoms with Crippen molar-refractivity contribution in [2.24, 2.45) is 0 Å². The molecule has 0 radical (unpaired) electrons. The summed E-state index contributed by atoms with van der Waals surface area (Å²) in [5.41, 5.74) is 1.21. The average Bonchev–Trinajstić information content (AvgIpc) is 2.08. The second-order valence-electron chi connectivity index (χ2n) is 4.00. The van der Waals surface area contributed by atoms with E-state index in [1.54, 1.807) is 20.8 Å². The highest BCUT2D eigenvalue weighted by Crippen LogP contribution is 2.06. The highest BCUT2D eigenvalue weighted by molar-refractivity contribution is 5.73. The van der Waals surface area contributed by atoms with Gasteiger partial charge in [-0.25, -0.2) is 9.59 Å². The molecule has 0 aromatic heterocycles. The number of carboxylic acids is 1. The molecule has 0 aromatic rings. The maximum absolute atomic E-state index is 11.1. The summed E-state index contributed by atoms with van der Waals surface area (Å²) in [4.78, 5) is 26.3. The first-order valence-corrected chi connectivity index (χ1v) is 4.62. The van der Waals surface area contributed by atoms with Crippen molar-refractivity contribution in [3.05, 3.63) is 0 Å². The lowest BCUT2D eigenvalue weighted by Gasteiger charge is -2.20. The first kappa shape index (κ1) is 14.7. The number of nitrogens with one attached hydrogen (secondary N) is 1. The molecule has 1 unspecified atom stereocenters. The van der Waals surface area contributed by atoms with Crippen LogP contribution in [-0.2, 0) is 19.1 Å². The van der Waals surface area contributed by atoms with E-state index in [0.717, 1.165) is 0 Å². The van der Waals surface area contributed by atoms with Gasteiger partial charge in [0.05, 0.1) is 6.61 Å². The van der Waals surface area contributed by atoms with Gasteiger partial charge < -0.3 is 14.6 Å². The van der Waals surface area contributed by atoms with Crippen molar-refractivity contribution >= 4 is 12.1 Å². The van der Waals surface area contributed by atoms with Crippen molar-refractivity contribution in [3.8, 4) is 0 Å². The highest BCUT2D eigenvalue weighted by Gasteiger charge is 2.22. The van der Waals surface area contributed by atoms with Crippen LogP contribution in [0.25, 0.3) is 0 Å². The van der Waals surface area contributed by atoms with Crippen LogP contribution in [0, 0.1) is 0 Å². The molecule has 0 aromatic carbocycles. The van der Waals surface area contributed by atoms with E-state index in [0.29, 0.717) is 0 Å². The van der Waals surface area contributed by atoms with Gasteiger partial charge in [0, 0.05) is 7.11 Å². The number of carboxylic acid groups (broad SMARTS) is 1. The number of hydrogen-bond acceptors (Lipinski definition) is 5. The third-order valence-corrected chi connectivity index (χ3v) is 1.28. The molecule has 0 spiro atoms. The Bertz CT molecular complexity index is 247. The van der Waals surface area contributed by atoms with Crippen molar-refractivity contribution in [3.63, 3.8) is 0 Å². The smallest absolute Gasteiger partial charge is 0.431 e. The van der Waals surface area contributed by atoms with Gasteiger partial charge in [-0.3, -0.25) is 4.84 Å². The van der Waals surface area contributed by atoms with Gasteiger partial charge in [0.1, 0.15) is 5.60 Å². The van der Waals surface area contributed by atoms with Crippen molar-refractivity contribution < 1.29 is 29.0 Å². The molecule has 0 aliphatic rings. The van der Waals surface area contributed by atoms with Crippen LogP contribution in [0.3, 0.4) is 0 Å². The van der Waals surface area contributed by atoms with Gasteiger partial charge in [-0.05, 0) is 20.8 Å². The Morgan fingerprint density at radius 2 is 1.94 bits per heavy atom. The SMILES string of the molecule is COCC(ONC(=O)OC(C)(C)C)C(=O)O. The largest absolute Gasteiger partial charge is 0.479 e. The normalized spacial score (nSPS) is 13.0. The molecule has 1 atom stereocenters. The lowest BCUT2D eigenvalue weighted by molar-refractivity contribution is -0.159. The molecule has 94 valence electrons. The molecule has 2 N–H and O–H groups in total. The summed E-state index contributed by atoms with van der Waals surface area (Å²) in [6, 6.07) is 0. The minimum Gasteiger partial charge on any atom is -0.479 e. The van der Waals surface area contributed by atoms with Gasteiger partial charge in [0.25, 0.3) is 0 Å². The molecule has 0 heterocycles. The maximum atomic E-state index is 11.1. The Hall–Kier alpha value is -1.34. The van der Waals surface area contributed by atoms with Crippen molar-refractivity contribution in [2.75, 3.05) is 13.7 Å². The third-order valence-electron chi connectivity index (χ3n) is 1.28. The second-order valence-corrected chi connectivity index (χ2v) is 4.00. The quantitative estimate of drug-likeness (QED) is 0.675. The molecule has 0 saturated heterocycles. The van der Waals surface area contributed by atoms with E-state index < -0.39 is 23.8 Å². The molecule has 0 bridgehead atoms. The number of methoxy groups -OCH3 is 1. The number of carbonyl (C=O) groups excluding carboxylic acids is 1. The second kappa shape index (κ2) is 6.29. The van der Waals surface area contributed by atoms with Crippen LogP contribution in [0.2, 0.25) is 0 Å². The summed E-state index contributed by atoms with van der Waals surface area (Å²) in [7, 11) is 1.33. The Morgan fingerprint density at radius 3 is 2.31 bits per heavy atom. The Labute approximate surface area is 93.6 Å². The van der Waals surface area contributed by atoms with Crippen LogP contribution in [0.15, 0.2) is 0 Å². The zero-order valence-corrected chi connectivity index (χ0v) is 9.77. The minimum atomic E-state index is -1.27. The first-order chi connectivity index (χ1) is 7.26. The van der Waals surface area contributed by atoms with Crippen LogP contribution in [0.5, 0.6) is 0 Å². The number of carbonyl (C=O) groups is 2. The van der Waals surface area contributed by atoms with E-state index in [-0.39, 0.29) is 6.61 Å². The molecule has 7 nitrogen and oxygen atoms in total. The van der Waals surface area contributed by atoms with E-state index in [1.807, 2.05) is 5.48 Å². The van der Waals surface area contributed by atoms with Crippen molar-refractivity contribution in [1.29, 1.82) is 0 Å². The zero-order chi connectivity index (χ0) is 12.8. The maximum Gasteiger partial charge on any atom is 0.431 e.